The highest BCUT2D eigenvalue weighted by atomic mass is 35.5. The Morgan fingerprint density at radius 1 is 0.731 bits per heavy atom. The first-order valence-electron chi connectivity index (χ1n) is 8.62. The van der Waals surface area contributed by atoms with Gasteiger partial charge in [-0.15, -0.1) is 11.6 Å². The first-order chi connectivity index (χ1) is 12.6. The summed E-state index contributed by atoms with van der Waals surface area (Å²) in [7, 11) is 6.59. The van der Waals surface area contributed by atoms with Crippen LogP contribution in [0, 0.1) is 5.92 Å². The molecule has 2 aromatic carbocycles. The van der Waals surface area contributed by atoms with E-state index in [4.69, 9.17) is 30.5 Å². The molecule has 0 saturated carbocycles. The number of rotatable bonds is 10. The SMILES string of the molecule is COc1ccc(CCC(CCl)Cc2ccc(OC)c(OC)c2)cc1OC. The Labute approximate surface area is 161 Å². The maximum atomic E-state index is 6.22. The molecule has 0 aliphatic rings. The van der Waals surface area contributed by atoms with Gasteiger partial charge in [0.1, 0.15) is 0 Å². The van der Waals surface area contributed by atoms with Crippen LogP contribution in [0.1, 0.15) is 17.5 Å². The lowest BCUT2D eigenvalue weighted by atomic mass is 9.94. The van der Waals surface area contributed by atoms with Gasteiger partial charge in [0.2, 0.25) is 0 Å². The van der Waals surface area contributed by atoms with Gasteiger partial charge in [0.15, 0.2) is 23.0 Å². The van der Waals surface area contributed by atoms with Crippen molar-refractivity contribution in [1.82, 2.24) is 0 Å². The molecule has 0 fully saturated rings. The summed E-state index contributed by atoms with van der Waals surface area (Å²) in [5.74, 6) is 3.98. The van der Waals surface area contributed by atoms with Crippen molar-refractivity contribution in [2.45, 2.75) is 19.3 Å². The molecular formula is C21H27ClO4. The number of aryl methyl sites for hydroxylation is 1. The molecule has 0 aliphatic heterocycles. The van der Waals surface area contributed by atoms with E-state index in [0.717, 1.165) is 42.3 Å². The third-order valence-electron chi connectivity index (χ3n) is 4.48. The minimum absolute atomic E-state index is 0.378. The van der Waals surface area contributed by atoms with E-state index in [1.54, 1.807) is 28.4 Å². The smallest absolute Gasteiger partial charge is 0.160 e. The number of methoxy groups -OCH3 is 4. The number of ether oxygens (including phenoxy) is 4. The van der Waals surface area contributed by atoms with E-state index in [1.807, 2.05) is 24.3 Å². The van der Waals surface area contributed by atoms with E-state index in [2.05, 4.69) is 12.1 Å². The molecular weight excluding hydrogens is 352 g/mol. The Balaban J connectivity index is 2.01. The van der Waals surface area contributed by atoms with Gasteiger partial charge in [-0.1, -0.05) is 12.1 Å². The van der Waals surface area contributed by atoms with Gasteiger partial charge < -0.3 is 18.9 Å². The Morgan fingerprint density at radius 3 is 1.73 bits per heavy atom. The highest BCUT2D eigenvalue weighted by Gasteiger charge is 2.13. The summed E-state index contributed by atoms with van der Waals surface area (Å²) in [6.07, 6.45) is 2.83. The lowest BCUT2D eigenvalue weighted by Gasteiger charge is -2.16. The molecule has 0 aromatic heterocycles. The highest BCUT2D eigenvalue weighted by molar-refractivity contribution is 6.18. The van der Waals surface area contributed by atoms with Crippen LogP contribution in [0.3, 0.4) is 0 Å². The fourth-order valence-corrected chi connectivity index (χ4v) is 3.25. The van der Waals surface area contributed by atoms with E-state index >= 15 is 0 Å². The fourth-order valence-electron chi connectivity index (χ4n) is 2.98. The van der Waals surface area contributed by atoms with E-state index in [-0.39, 0.29) is 0 Å². The zero-order valence-electron chi connectivity index (χ0n) is 15.9. The van der Waals surface area contributed by atoms with Crippen molar-refractivity contribution in [2.24, 2.45) is 5.92 Å². The monoisotopic (exact) mass is 378 g/mol. The number of hydrogen-bond donors (Lipinski definition) is 0. The van der Waals surface area contributed by atoms with E-state index in [0.29, 0.717) is 11.8 Å². The van der Waals surface area contributed by atoms with Crippen molar-refractivity contribution in [3.05, 3.63) is 47.5 Å². The van der Waals surface area contributed by atoms with Crippen LogP contribution in [-0.2, 0) is 12.8 Å². The molecule has 0 bridgehead atoms. The predicted octanol–water partition coefficient (Wildman–Crippen LogP) is 4.75. The molecule has 0 spiro atoms. The van der Waals surface area contributed by atoms with Crippen LogP contribution in [0.2, 0.25) is 0 Å². The molecule has 5 heteroatoms. The van der Waals surface area contributed by atoms with Gasteiger partial charge in [0.05, 0.1) is 28.4 Å². The zero-order chi connectivity index (χ0) is 18.9. The maximum Gasteiger partial charge on any atom is 0.160 e. The third-order valence-corrected chi connectivity index (χ3v) is 4.92. The Morgan fingerprint density at radius 2 is 1.23 bits per heavy atom. The van der Waals surface area contributed by atoms with E-state index in [9.17, 15) is 0 Å². The quantitative estimate of drug-likeness (QED) is 0.559. The predicted molar refractivity (Wildman–Crippen MR) is 105 cm³/mol. The second kappa shape index (κ2) is 10.2. The molecule has 1 atom stereocenters. The number of benzene rings is 2. The van der Waals surface area contributed by atoms with Gasteiger partial charge in [0, 0.05) is 5.88 Å². The fraction of sp³-hybridized carbons (Fsp3) is 0.429. The molecule has 2 rings (SSSR count). The van der Waals surface area contributed by atoms with Crippen molar-refractivity contribution < 1.29 is 18.9 Å². The van der Waals surface area contributed by atoms with Crippen molar-refractivity contribution in [2.75, 3.05) is 34.3 Å². The second-order valence-corrected chi connectivity index (χ2v) is 6.45. The lowest BCUT2D eigenvalue weighted by molar-refractivity contribution is 0.354. The molecule has 2 aromatic rings. The number of alkyl halides is 1. The molecule has 1 unspecified atom stereocenters. The summed E-state index contributed by atoms with van der Waals surface area (Å²) >= 11 is 6.22. The molecule has 26 heavy (non-hydrogen) atoms. The van der Waals surface area contributed by atoms with Crippen LogP contribution in [0.15, 0.2) is 36.4 Å². The lowest BCUT2D eigenvalue weighted by Crippen LogP contribution is -2.08. The van der Waals surface area contributed by atoms with Gasteiger partial charge in [-0.3, -0.25) is 0 Å². The second-order valence-electron chi connectivity index (χ2n) is 6.14. The van der Waals surface area contributed by atoms with Gasteiger partial charge in [-0.25, -0.2) is 0 Å². The topological polar surface area (TPSA) is 36.9 Å². The van der Waals surface area contributed by atoms with Gasteiger partial charge >= 0.3 is 0 Å². The first kappa shape index (κ1) is 20.2. The van der Waals surface area contributed by atoms with Crippen LogP contribution in [0.25, 0.3) is 0 Å². The van der Waals surface area contributed by atoms with Gasteiger partial charge in [0.25, 0.3) is 0 Å². The number of hydrogen-bond acceptors (Lipinski definition) is 4. The molecule has 0 saturated heterocycles. The Bertz CT molecular complexity index is 702. The molecule has 142 valence electrons. The van der Waals surface area contributed by atoms with Gasteiger partial charge in [-0.2, -0.15) is 0 Å². The summed E-state index contributed by atoms with van der Waals surface area (Å²) in [4.78, 5) is 0. The summed E-state index contributed by atoms with van der Waals surface area (Å²) in [5.41, 5.74) is 2.41. The first-order valence-corrected chi connectivity index (χ1v) is 9.16. The molecule has 0 radical (unpaired) electrons. The summed E-state index contributed by atoms with van der Waals surface area (Å²) in [6, 6.07) is 12.1. The minimum Gasteiger partial charge on any atom is -0.493 e. The minimum atomic E-state index is 0.378. The molecule has 0 N–H and O–H groups in total. The average Bonchev–Trinajstić information content (AvgIpc) is 2.70. The molecule has 4 nitrogen and oxygen atoms in total. The summed E-state index contributed by atoms with van der Waals surface area (Å²) in [5, 5.41) is 0. The maximum absolute atomic E-state index is 6.22. The van der Waals surface area contributed by atoms with Crippen LogP contribution in [0.4, 0.5) is 0 Å². The molecule has 0 aliphatic carbocycles. The van der Waals surface area contributed by atoms with Crippen molar-refractivity contribution >= 4 is 11.6 Å². The summed E-state index contributed by atoms with van der Waals surface area (Å²) < 4.78 is 21.3. The van der Waals surface area contributed by atoms with Crippen LogP contribution < -0.4 is 18.9 Å². The van der Waals surface area contributed by atoms with Crippen molar-refractivity contribution in [3.63, 3.8) is 0 Å². The van der Waals surface area contributed by atoms with Gasteiger partial charge in [-0.05, 0) is 60.6 Å². The van der Waals surface area contributed by atoms with Crippen LogP contribution in [0.5, 0.6) is 23.0 Å². The van der Waals surface area contributed by atoms with Crippen LogP contribution >= 0.6 is 11.6 Å². The standard InChI is InChI=1S/C21H27ClO4/c1-23-18-9-7-15(12-20(18)25-3)5-6-17(14-22)11-16-8-10-19(24-2)21(13-16)26-4/h7-10,12-13,17H,5-6,11,14H2,1-4H3. The normalized spacial score (nSPS) is 11.7. The Kier molecular flexibility index (Phi) is 7.92. The average molecular weight is 379 g/mol. The Hall–Kier alpha value is -2.07. The summed E-state index contributed by atoms with van der Waals surface area (Å²) in [6.45, 7) is 0. The highest BCUT2D eigenvalue weighted by Crippen LogP contribution is 2.30. The molecule has 0 heterocycles. The van der Waals surface area contributed by atoms with E-state index in [1.165, 1.54) is 11.1 Å². The largest absolute Gasteiger partial charge is 0.493 e. The van der Waals surface area contributed by atoms with Crippen LogP contribution in [-0.4, -0.2) is 34.3 Å². The van der Waals surface area contributed by atoms with E-state index < -0.39 is 0 Å². The number of halogens is 1. The van der Waals surface area contributed by atoms with Crippen molar-refractivity contribution in [3.8, 4) is 23.0 Å². The molecule has 0 amide bonds. The van der Waals surface area contributed by atoms with Crippen molar-refractivity contribution in [1.29, 1.82) is 0 Å². The third kappa shape index (κ3) is 5.21. The zero-order valence-corrected chi connectivity index (χ0v) is 16.6.